The lowest BCUT2D eigenvalue weighted by Gasteiger charge is -2.10. The number of carboxylic acid groups (broad SMARTS) is 1. The van der Waals surface area contributed by atoms with Crippen LogP contribution in [-0.4, -0.2) is 22.1 Å². The smallest absolute Gasteiger partial charge is 0.337 e. The van der Waals surface area contributed by atoms with Crippen molar-refractivity contribution in [3.63, 3.8) is 0 Å². The first-order valence-electron chi connectivity index (χ1n) is 5.71. The van der Waals surface area contributed by atoms with Crippen LogP contribution in [0.15, 0.2) is 40.9 Å². The van der Waals surface area contributed by atoms with Crippen LogP contribution in [0.4, 0.5) is 10.1 Å². The molecule has 2 aromatic carbocycles. The Morgan fingerprint density at radius 1 is 1.10 bits per heavy atom. The second kappa shape index (κ2) is 5.92. The lowest BCUT2D eigenvalue weighted by atomic mass is 10.1. The van der Waals surface area contributed by atoms with Crippen molar-refractivity contribution in [1.29, 1.82) is 0 Å². The summed E-state index contributed by atoms with van der Waals surface area (Å²) in [6.45, 7) is 0. The van der Waals surface area contributed by atoms with Gasteiger partial charge in [0.05, 0.1) is 16.8 Å². The largest absolute Gasteiger partial charge is 0.508 e. The van der Waals surface area contributed by atoms with Crippen LogP contribution in [0.25, 0.3) is 0 Å². The maximum absolute atomic E-state index is 13.0. The van der Waals surface area contributed by atoms with E-state index in [2.05, 4.69) is 21.2 Å². The summed E-state index contributed by atoms with van der Waals surface area (Å²) in [4.78, 5) is 23.2. The molecule has 0 fully saturated rings. The monoisotopic (exact) mass is 353 g/mol. The number of benzene rings is 2. The molecule has 0 aliphatic rings. The van der Waals surface area contributed by atoms with Gasteiger partial charge in [-0.2, -0.15) is 0 Å². The van der Waals surface area contributed by atoms with Gasteiger partial charge in [-0.1, -0.05) is 0 Å². The van der Waals surface area contributed by atoms with E-state index in [-0.39, 0.29) is 27.0 Å². The van der Waals surface area contributed by atoms with Crippen molar-refractivity contribution in [2.24, 2.45) is 0 Å². The Morgan fingerprint density at radius 2 is 1.81 bits per heavy atom. The number of anilines is 1. The fraction of sp³-hybridized carbons (Fsp3) is 0. The van der Waals surface area contributed by atoms with E-state index < -0.39 is 17.7 Å². The van der Waals surface area contributed by atoms with Gasteiger partial charge >= 0.3 is 5.97 Å². The number of hydrogen-bond acceptors (Lipinski definition) is 3. The normalized spacial score (nSPS) is 10.2. The highest BCUT2D eigenvalue weighted by Gasteiger charge is 2.16. The molecule has 0 atom stereocenters. The highest BCUT2D eigenvalue weighted by molar-refractivity contribution is 9.10. The Bertz CT molecular complexity index is 733. The average Bonchev–Trinajstić information content (AvgIpc) is 2.40. The molecule has 5 nitrogen and oxygen atoms in total. The van der Waals surface area contributed by atoms with Gasteiger partial charge in [0.15, 0.2) is 0 Å². The highest BCUT2D eigenvalue weighted by Crippen LogP contribution is 2.24. The summed E-state index contributed by atoms with van der Waals surface area (Å²) in [5.74, 6) is -2.63. The molecule has 0 saturated heterocycles. The lowest BCUT2D eigenvalue weighted by Crippen LogP contribution is -2.15. The quantitative estimate of drug-likeness (QED) is 0.739. The Kier molecular flexibility index (Phi) is 4.23. The van der Waals surface area contributed by atoms with Crippen LogP contribution in [0.5, 0.6) is 5.75 Å². The zero-order valence-electron chi connectivity index (χ0n) is 10.4. The topological polar surface area (TPSA) is 86.6 Å². The van der Waals surface area contributed by atoms with Crippen molar-refractivity contribution in [2.45, 2.75) is 0 Å². The molecule has 0 aromatic heterocycles. The number of carboxylic acids is 1. The van der Waals surface area contributed by atoms with Gasteiger partial charge < -0.3 is 15.5 Å². The Labute approximate surface area is 127 Å². The summed E-state index contributed by atoms with van der Waals surface area (Å²) in [5.41, 5.74) is -0.0658. The third kappa shape index (κ3) is 3.38. The molecule has 0 bridgehead atoms. The first-order valence-corrected chi connectivity index (χ1v) is 6.50. The van der Waals surface area contributed by atoms with Gasteiger partial charge in [0.1, 0.15) is 11.6 Å². The third-order valence-corrected chi connectivity index (χ3v) is 3.31. The number of halogens is 2. The summed E-state index contributed by atoms with van der Waals surface area (Å²) < 4.78 is 13.2. The number of amides is 1. The molecule has 0 unspecified atom stereocenters. The predicted molar refractivity (Wildman–Crippen MR) is 77.1 cm³/mol. The van der Waals surface area contributed by atoms with Gasteiger partial charge in [0, 0.05) is 4.47 Å². The Hall–Kier alpha value is -2.41. The number of rotatable bonds is 3. The maximum atomic E-state index is 13.0. The minimum atomic E-state index is -1.29. The van der Waals surface area contributed by atoms with E-state index in [1.807, 2.05) is 0 Å². The molecule has 0 saturated carbocycles. The van der Waals surface area contributed by atoms with Crippen molar-refractivity contribution >= 4 is 33.5 Å². The summed E-state index contributed by atoms with van der Waals surface area (Å²) >= 11 is 3.06. The first-order chi connectivity index (χ1) is 9.88. The van der Waals surface area contributed by atoms with E-state index in [9.17, 15) is 19.1 Å². The lowest BCUT2D eigenvalue weighted by molar-refractivity contribution is 0.0697. The molecule has 0 radical (unpaired) electrons. The summed E-state index contributed by atoms with van der Waals surface area (Å²) in [7, 11) is 0. The SMILES string of the molecule is O=C(Nc1ccc(O)cc1C(=O)O)c1ccc(F)cc1Br. The van der Waals surface area contributed by atoms with E-state index in [0.29, 0.717) is 0 Å². The van der Waals surface area contributed by atoms with Crippen molar-refractivity contribution in [3.8, 4) is 5.75 Å². The highest BCUT2D eigenvalue weighted by atomic mass is 79.9. The van der Waals surface area contributed by atoms with E-state index in [1.54, 1.807) is 0 Å². The first kappa shape index (κ1) is 15.0. The van der Waals surface area contributed by atoms with E-state index in [0.717, 1.165) is 18.2 Å². The minimum Gasteiger partial charge on any atom is -0.508 e. The zero-order valence-corrected chi connectivity index (χ0v) is 12.0. The number of aromatic carboxylic acids is 1. The number of hydrogen-bond donors (Lipinski definition) is 3. The van der Waals surface area contributed by atoms with Crippen LogP contribution in [0.3, 0.4) is 0 Å². The van der Waals surface area contributed by atoms with E-state index in [1.165, 1.54) is 18.2 Å². The van der Waals surface area contributed by atoms with Crippen LogP contribution in [0.2, 0.25) is 0 Å². The van der Waals surface area contributed by atoms with Crippen molar-refractivity contribution < 1.29 is 24.2 Å². The molecule has 0 aliphatic heterocycles. The maximum Gasteiger partial charge on any atom is 0.337 e. The van der Waals surface area contributed by atoms with Crippen LogP contribution < -0.4 is 5.32 Å². The van der Waals surface area contributed by atoms with Crippen LogP contribution >= 0.6 is 15.9 Å². The molecule has 2 rings (SSSR count). The number of carbonyl (C=O) groups excluding carboxylic acids is 1. The molecule has 2 aromatic rings. The summed E-state index contributed by atoms with van der Waals surface area (Å²) in [6, 6.07) is 7.07. The third-order valence-electron chi connectivity index (χ3n) is 2.66. The van der Waals surface area contributed by atoms with Gasteiger partial charge in [-0.25, -0.2) is 9.18 Å². The van der Waals surface area contributed by atoms with Crippen LogP contribution in [0.1, 0.15) is 20.7 Å². The van der Waals surface area contributed by atoms with Crippen molar-refractivity contribution in [3.05, 3.63) is 57.8 Å². The molecular formula is C14H9BrFNO4. The van der Waals surface area contributed by atoms with Gasteiger partial charge in [-0.15, -0.1) is 0 Å². The van der Waals surface area contributed by atoms with Crippen molar-refractivity contribution in [1.82, 2.24) is 0 Å². The van der Waals surface area contributed by atoms with E-state index in [4.69, 9.17) is 5.11 Å². The minimum absolute atomic E-state index is 0.0292. The van der Waals surface area contributed by atoms with E-state index >= 15 is 0 Å². The molecular weight excluding hydrogens is 345 g/mol. The molecule has 3 N–H and O–H groups in total. The second-order valence-electron chi connectivity index (χ2n) is 4.11. The van der Waals surface area contributed by atoms with Crippen molar-refractivity contribution in [2.75, 3.05) is 5.32 Å². The van der Waals surface area contributed by atoms with Gasteiger partial charge in [-0.3, -0.25) is 4.79 Å². The average molecular weight is 354 g/mol. The molecule has 108 valence electrons. The number of phenolic OH excluding ortho intramolecular Hbond substituents is 1. The number of carbonyl (C=O) groups is 2. The summed E-state index contributed by atoms with van der Waals surface area (Å²) in [5, 5.41) is 20.7. The van der Waals surface area contributed by atoms with Gasteiger partial charge in [0.2, 0.25) is 0 Å². The molecule has 0 spiro atoms. The van der Waals surface area contributed by atoms with Crippen LogP contribution in [-0.2, 0) is 0 Å². The molecule has 0 heterocycles. The van der Waals surface area contributed by atoms with Crippen LogP contribution in [0, 0.1) is 5.82 Å². The Morgan fingerprint density at radius 3 is 2.43 bits per heavy atom. The van der Waals surface area contributed by atoms with Gasteiger partial charge in [-0.05, 0) is 52.3 Å². The number of aromatic hydroxyl groups is 1. The fourth-order valence-electron chi connectivity index (χ4n) is 1.68. The Balaban J connectivity index is 2.34. The molecule has 1 amide bonds. The second-order valence-corrected chi connectivity index (χ2v) is 4.97. The standard InChI is InChI=1S/C14H9BrFNO4/c15-11-5-7(16)1-3-9(11)13(19)17-12-4-2-8(18)6-10(12)14(20)21/h1-6,18H,(H,17,19)(H,20,21). The summed E-state index contributed by atoms with van der Waals surface area (Å²) in [6.07, 6.45) is 0. The molecule has 7 heteroatoms. The van der Waals surface area contributed by atoms with Gasteiger partial charge in [0.25, 0.3) is 5.91 Å². The zero-order chi connectivity index (χ0) is 15.6. The predicted octanol–water partition coefficient (Wildman–Crippen LogP) is 3.24. The molecule has 21 heavy (non-hydrogen) atoms. The fourth-order valence-corrected chi connectivity index (χ4v) is 2.21. The number of nitrogens with one attached hydrogen (secondary N) is 1. The number of phenols is 1. The molecule has 0 aliphatic carbocycles.